The molecule has 5 heteroatoms. The van der Waals surface area contributed by atoms with Crippen molar-refractivity contribution in [3.8, 4) is 0 Å². The normalized spacial score (nSPS) is 11.9. The Hall–Kier alpha value is -1.49. The lowest BCUT2D eigenvalue weighted by molar-refractivity contribution is -0.140. The third-order valence-electron chi connectivity index (χ3n) is 2.20. The van der Waals surface area contributed by atoms with Crippen LogP contribution in [0.5, 0.6) is 0 Å². The number of hydrogen-bond donors (Lipinski definition) is 2. The highest BCUT2D eigenvalue weighted by molar-refractivity contribution is 8.00. The Labute approximate surface area is 104 Å². The van der Waals surface area contributed by atoms with E-state index in [9.17, 15) is 9.59 Å². The Balaban J connectivity index is 2.44. The SMILES string of the molecule is Cc1ccccc1SCC(=O)N[C@H](C)C(=O)O. The molecule has 0 radical (unpaired) electrons. The van der Waals surface area contributed by atoms with Crippen LogP contribution in [-0.2, 0) is 9.59 Å². The van der Waals surface area contributed by atoms with Gasteiger partial charge in [0.25, 0.3) is 0 Å². The van der Waals surface area contributed by atoms with Crippen molar-refractivity contribution in [3.63, 3.8) is 0 Å². The second kappa shape index (κ2) is 6.30. The molecule has 0 heterocycles. The minimum atomic E-state index is -1.03. The van der Waals surface area contributed by atoms with E-state index in [0.29, 0.717) is 0 Å². The van der Waals surface area contributed by atoms with Crippen LogP contribution in [0.3, 0.4) is 0 Å². The number of rotatable bonds is 5. The van der Waals surface area contributed by atoms with E-state index in [-0.39, 0.29) is 11.7 Å². The fraction of sp³-hybridized carbons (Fsp3) is 0.333. The number of aryl methyl sites for hydroxylation is 1. The smallest absolute Gasteiger partial charge is 0.325 e. The van der Waals surface area contributed by atoms with Crippen LogP contribution >= 0.6 is 11.8 Å². The number of thioether (sulfide) groups is 1. The van der Waals surface area contributed by atoms with E-state index in [0.717, 1.165) is 10.5 Å². The van der Waals surface area contributed by atoms with Gasteiger partial charge in [0, 0.05) is 4.90 Å². The van der Waals surface area contributed by atoms with Crippen LogP contribution in [0.4, 0.5) is 0 Å². The van der Waals surface area contributed by atoms with Crippen LogP contribution in [0.2, 0.25) is 0 Å². The summed E-state index contributed by atoms with van der Waals surface area (Å²) in [5.74, 6) is -1.07. The molecule has 0 aliphatic carbocycles. The van der Waals surface area contributed by atoms with Gasteiger partial charge in [-0.2, -0.15) is 0 Å². The molecule has 0 aromatic heterocycles. The molecule has 1 rings (SSSR count). The van der Waals surface area contributed by atoms with Crippen molar-refractivity contribution < 1.29 is 14.7 Å². The number of carbonyl (C=O) groups excluding carboxylic acids is 1. The van der Waals surface area contributed by atoms with Gasteiger partial charge in [0.2, 0.25) is 5.91 Å². The Morgan fingerprint density at radius 1 is 1.41 bits per heavy atom. The molecule has 92 valence electrons. The first-order valence-corrected chi connectivity index (χ1v) is 6.20. The van der Waals surface area contributed by atoms with Gasteiger partial charge in [-0.05, 0) is 25.5 Å². The average Bonchev–Trinajstić information content (AvgIpc) is 2.27. The summed E-state index contributed by atoms with van der Waals surface area (Å²) < 4.78 is 0. The van der Waals surface area contributed by atoms with Crippen LogP contribution < -0.4 is 5.32 Å². The lowest BCUT2D eigenvalue weighted by Crippen LogP contribution is -2.39. The molecule has 0 saturated heterocycles. The maximum Gasteiger partial charge on any atom is 0.325 e. The molecule has 0 bridgehead atoms. The maximum absolute atomic E-state index is 11.4. The predicted octanol–water partition coefficient (Wildman–Crippen LogP) is 1.68. The number of aliphatic carboxylic acids is 1. The van der Waals surface area contributed by atoms with E-state index in [1.807, 2.05) is 31.2 Å². The zero-order valence-electron chi connectivity index (χ0n) is 9.77. The minimum Gasteiger partial charge on any atom is -0.480 e. The maximum atomic E-state index is 11.4. The highest BCUT2D eigenvalue weighted by Gasteiger charge is 2.13. The average molecular weight is 253 g/mol. The molecule has 0 saturated carbocycles. The molecule has 1 amide bonds. The Bertz CT molecular complexity index is 420. The van der Waals surface area contributed by atoms with E-state index in [1.165, 1.54) is 18.7 Å². The van der Waals surface area contributed by atoms with Crippen LogP contribution in [0, 0.1) is 6.92 Å². The summed E-state index contributed by atoms with van der Waals surface area (Å²) in [5.41, 5.74) is 1.11. The second-order valence-electron chi connectivity index (χ2n) is 3.68. The summed E-state index contributed by atoms with van der Waals surface area (Å²) in [7, 11) is 0. The van der Waals surface area contributed by atoms with Gasteiger partial charge in [0.05, 0.1) is 5.75 Å². The van der Waals surface area contributed by atoms with Gasteiger partial charge in [0.1, 0.15) is 6.04 Å². The second-order valence-corrected chi connectivity index (χ2v) is 4.70. The molecule has 1 atom stereocenters. The van der Waals surface area contributed by atoms with E-state index in [2.05, 4.69) is 5.32 Å². The molecule has 0 aliphatic rings. The third-order valence-corrected chi connectivity index (χ3v) is 3.38. The van der Waals surface area contributed by atoms with Crippen LogP contribution in [0.15, 0.2) is 29.2 Å². The van der Waals surface area contributed by atoms with E-state index >= 15 is 0 Å². The number of carboxylic acids is 1. The van der Waals surface area contributed by atoms with E-state index in [4.69, 9.17) is 5.11 Å². The fourth-order valence-corrected chi connectivity index (χ4v) is 2.05. The lowest BCUT2D eigenvalue weighted by atomic mass is 10.2. The zero-order valence-corrected chi connectivity index (χ0v) is 10.6. The largest absolute Gasteiger partial charge is 0.480 e. The van der Waals surface area contributed by atoms with E-state index < -0.39 is 12.0 Å². The van der Waals surface area contributed by atoms with Gasteiger partial charge in [-0.15, -0.1) is 11.8 Å². The monoisotopic (exact) mass is 253 g/mol. The van der Waals surface area contributed by atoms with Gasteiger partial charge in [0.15, 0.2) is 0 Å². The molecule has 0 fully saturated rings. The van der Waals surface area contributed by atoms with Crippen molar-refractivity contribution in [3.05, 3.63) is 29.8 Å². The summed E-state index contributed by atoms with van der Waals surface area (Å²) >= 11 is 1.40. The Morgan fingerprint density at radius 3 is 2.65 bits per heavy atom. The van der Waals surface area contributed by atoms with Crippen LogP contribution in [0.1, 0.15) is 12.5 Å². The van der Waals surface area contributed by atoms with Crippen LogP contribution in [0.25, 0.3) is 0 Å². The van der Waals surface area contributed by atoms with E-state index in [1.54, 1.807) is 0 Å². The van der Waals surface area contributed by atoms with Crippen molar-refractivity contribution in [1.82, 2.24) is 5.32 Å². The van der Waals surface area contributed by atoms with Crippen molar-refractivity contribution in [2.45, 2.75) is 24.8 Å². The summed E-state index contributed by atoms with van der Waals surface area (Å²) in [5, 5.41) is 11.0. The number of amides is 1. The number of hydrogen-bond acceptors (Lipinski definition) is 3. The van der Waals surface area contributed by atoms with Gasteiger partial charge in [-0.1, -0.05) is 18.2 Å². The Kier molecular flexibility index (Phi) is 5.03. The predicted molar refractivity (Wildman–Crippen MR) is 67.1 cm³/mol. The van der Waals surface area contributed by atoms with Crippen molar-refractivity contribution in [1.29, 1.82) is 0 Å². The molecule has 0 spiro atoms. The topological polar surface area (TPSA) is 66.4 Å². The molecular weight excluding hydrogens is 238 g/mol. The molecule has 0 aliphatic heterocycles. The van der Waals surface area contributed by atoms with Crippen molar-refractivity contribution >= 4 is 23.6 Å². The number of nitrogens with one attached hydrogen (secondary N) is 1. The standard InChI is InChI=1S/C12H15NO3S/c1-8-5-3-4-6-10(8)17-7-11(14)13-9(2)12(15)16/h3-6,9H,7H2,1-2H3,(H,13,14)(H,15,16)/t9-/m1/s1. The summed E-state index contributed by atoms with van der Waals surface area (Å²) in [6, 6.07) is 6.91. The van der Waals surface area contributed by atoms with Gasteiger partial charge in [-0.3, -0.25) is 9.59 Å². The van der Waals surface area contributed by atoms with Crippen molar-refractivity contribution in [2.24, 2.45) is 0 Å². The summed E-state index contributed by atoms with van der Waals surface area (Å²) in [6.45, 7) is 3.42. The lowest BCUT2D eigenvalue weighted by Gasteiger charge is -2.09. The van der Waals surface area contributed by atoms with Gasteiger partial charge >= 0.3 is 5.97 Å². The third kappa shape index (κ3) is 4.48. The zero-order chi connectivity index (χ0) is 12.8. The number of carbonyl (C=O) groups is 2. The molecular formula is C12H15NO3S. The number of carboxylic acid groups (broad SMARTS) is 1. The first-order chi connectivity index (χ1) is 8.00. The molecule has 0 unspecified atom stereocenters. The molecule has 2 N–H and O–H groups in total. The first-order valence-electron chi connectivity index (χ1n) is 5.21. The first kappa shape index (κ1) is 13.6. The van der Waals surface area contributed by atoms with Gasteiger partial charge in [-0.25, -0.2) is 0 Å². The highest BCUT2D eigenvalue weighted by Crippen LogP contribution is 2.21. The quantitative estimate of drug-likeness (QED) is 0.783. The molecule has 1 aromatic rings. The van der Waals surface area contributed by atoms with Gasteiger partial charge < -0.3 is 10.4 Å². The van der Waals surface area contributed by atoms with Crippen LogP contribution in [-0.4, -0.2) is 28.8 Å². The summed E-state index contributed by atoms with van der Waals surface area (Å²) in [6.07, 6.45) is 0. The fourth-order valence-electron chi connectivity index (χ4n) is 1.21. The minimum absolute atomic E-state index is 0.225. The Morgan fingerprint density at radius 2 is 2.06 bits per heavy atom. The summed E-state index contributed by atoms with van der Waals surface area (Å²) in [4.78, 5) is 23.0. The molecule has 1 aromatic carbocycles. The molecule has 17 heavy (non-hydrogen) atoms. The molecule has 4 nitrogen and oxygen atoms in total. The highest BCUT2D eigenvalue weighted by atomic mass is 32.2. The van der Waals surface area contributed by atoms with Crippen molar-refractivity contribution in [2.75, 3.05) is 5.75 Å². The number of benzene rings is 1.